The molecule has 0 spiro atoms. The lowest BCUT2D eigenvalue weighted by molar-refractivity contribution is -0.385. The van der Waals surface area contributed by atoms with E-state index in [1.807, 2.05) is 0 Å². The normalized spacial score (nSPS) is 10.5. The van der Waals surface area contributed by atoms with Gasteiger partial charge in [0.2, 0.25) is 0 Å². The highest BCUT2D eigenvalue weighted by molar-refractivity contribution is 7.14. The Morgan fingerprint density at radius 1 is 1.33 bits per heavy atom. The van der Waals surface area contributed by atoms with Crippen molar-refractivity contribution in [2.75, 3.05) is 12.4 Å². The molecule has 0 aliphatic rings. The third-order valence-electron chi connectivity index (χ3n) is 3.58. The van der Waals surface area contributed by atoms with Gasteiger partial charge in [0.25, 0.3) is 5.91 Å². The number of halogens is 2. The summed E-state index contributed by atoms with van der Waals surface area (Å²) in [6.07, 6.45) is 0. The maximum Gasteiger partial charge on any atom is 0.311 e. The highest BCUT2D eigenvalue weighted by Gasteiger charge is 2.19. The SMILES string of the molecule is COc1ccc(C(=O)Nc2nc(-c3ccc(F)c(Cl)c3)cs2)cc1[N+](=O)[O-]. The maximum absolute atomic E-state index is 13.3. The Balaban J connectivity index is 1.81. The number of nitro groups is 1. The first-order valence-corrected chi connectivity index (χ1v) is 8.69. The number of nitrogens with one attached hydrogen (secondary N) is 1. The van der Waals surface area contributed by atoms with Gasteiger partial charge < -0.3 is 4.74 Å². The zero-order valence-electron chi connectivity index (χ0n) is 13.7. The van der Waals surface area contributed by atoms with Crippen LogP contribution in [0.5, 0.6) is 5.75 Å². The van der Waals surface area contributed by atoms with E-state index in [9.17, 15) is 19.3 Å². The lowest BCUT2D eigenvalue weighted by atomic mass is 10.1. The predicted octanol–water partition coefficient (Wildman–Crippen LogP) is 4.77. The van der Waals surface area contributed by atoms with E-state index >= 15 is 0 Å². The summed E-state index contributed by atoms with van der Waals surface area (Å²) < 4.78 is 18.2. The third-order valence-corrected chi connectivity index (χ3v) is 4.63. The zero-order chi connectivity index (χ0) is 19.6. The molecule has 3 rings (SSSR count). The molecule has 3 aromatic rings. The van der Waals surface area contributed by atoms with Gasteiger partial charge in [-0.2, -0.15) is 0 Å². The van der Waals surface area contributed by atoms with Crippen molar-refractivity contribution >= 4 is 39.7 Å². The van der Waals surface area contributed by atoms with E-state index in [4.69, 9.17) is 16.3 Å². The highest BCUT2D eigenvalue weighted by atomic mass is 35.5. The van der Waals surface area contributed by atoms with Crippen molar-refractivity contribution in [3.05, 3.63) is 68.3 Å². The number of nitrogens with zero attached hydrogens (tertiary/aromatic N) is 2. The van der Waals surface area contributed by atoms with Crippen LogP contribution in [0.15, 0.2) is 41.8 Å². The van der Waals surface area contributed by atoms with Crippen LogP contribution >= 0.6 is 22.9 Å². The number of carbonyl (C=O) groups excluding carboxylic acids is 1. The summed E-state index contributed by atoms with van der Waals surface area (Å²) in [7, 11) is 1.31. The molecule has 1 N–H and O–H groups in total. The number of benzene rings is 2. The summed E-state index contributed by atoms with van der Waals surface area (Å²) in [6, 6.07) is 8.07. The number of rotatable bonds is 5. The van der Waals surface area contributed by atoms with Crippen LogP contribution in [0, 0.1) is 15.9 Å². The summed E-state index contributed by atoms with van der Waals surface area (Å²) >= 11 is 6.92. The molecule has 0 saturated heterocycles. The zero-order valence-corrected chi connectivity index (χ0v) is 15.3. The van der Waals surface area contributed by atoms with Crippen molar-refractivity contribution in [1.82, 2.24) is 4.98 Å². The van der Waals surface area contributed by atoms with E-state index in [1.165, 1.54) is 37.4 Å². The number of anilines is 1. The number of aromatic nitrogens is 1. The molecule has 138 valence electrons. The first kappa shape index (κ1) is 18.7. The lowest BCUT2D eigenvalue weighted by Gasteiger charge is -2.05. The van der Waals surface area contributed by atoms with Gasteiger partial charge in [-0.15, -0.1) is 11.3 Å². The summed E-state index contributed by atoms with van der Waals surface area (Å²) in [6.45, 7) is 0. The largest absolute Gasteiger partial charge is 0.490 e. The molecule has 27 heavy (non-hydrogen) atoms. The summed E-state index contributed by atoms with van der Waals surface area (Å²) in [5.41, 5.74) is 0.881. The van der Waals surface area contributed by atoms with Crippen LogP contribution in [-0.4, -0.2) is 22.9 Å². The molecule has 1 heterocycles. The molecule has 0 fully saturated rings. The number of nitro benzene ring substituents is 1. The fraction of sp³-hybridized carbons (Fsp3) is 0.0588. The van der Waals surface area contributed by atoms with Gasteiger partial charge in [-0.05, 0) is 30.3 Å². The molecule has 0 atom stereocenters. The van der Waals surface area contributed by atoms with Crippen LogP contribution in [0.2, 0.25) is 5.02 Å². The van der Waals surface area contributed by atoms with Gasteiger partial charge in [0.1, 0.15) is 5.82 Å². The quantitative estimate of drug-likeness (QED) is 0.485. The number of hydrogen-bond acceptors (Lipinski definition) is 6. The number of methoxy groups -OCH3 is 1. The van der Waals surface area contributed by atoms with E-state index in [0.717, 1.165) is 17.4 Å². The fourth-order valence-corrected chi connectivity index (χ4v) is 3.16. The van der Waals surface area contributed by atoms with Crippen LogP contribution in [0.3, 0.4) is 0 Å². The van der Waals surface area contributed by atoms with Gasteiger partial charge in [0.15, 0.2) is 10.9 Å². The molecule has 7 nitrogen and oxygen atoms in total. The van der Waals surface area contributed by atoms with Gasteiger partial charge in [0.05, 0.1) is 22.7 Å². The van der Waals surface area contributed by atoms with E-state index in [2.05, 4.69) is 10.3 Å². The molecule has 0 aliphatic heterocycles. The number of amides is 1. The van der Waals surface area contributed by atoms with Gasteiger partial charge in [-0.25, -0.2) is 9.37 Å². The van der Waals surface area contributed by atoms with Gasteiger partial charge in [0, 0.05) is 22.6 Å². The molecule has 0 radical (unpaired) electrons. The topological polar surface area (TPSA) is 94.4 Å². The lowest BCUT2D eigenvalue weighted by Crippen LogP contribution is -2.12. The van der Waals surface area contributed by atoms with Crippen LogP contribution in [0.1, 0.15) is 10.4 Å². The Kier molecular flexibility index (Phi) is 5.33. The highest BCUT2D eigenvalue weighted by Crippen LogP contribution is 2.30. The van der Waals surface area contributed by atoms with Crippen molar-refractivity contribution in [2.24, 2.45) is 0 Å². The second kappa shape index (κ2) is 7.68. The second-order valence-corrected chi connectivity index (χ2v) is 6.53. The van der Waals surface area contributed by atoms with Gasteiger partial charge >= 0.3 is 5.69 Å². The molecule has 0 bridgehead atoms. The molecule has 1 amide bonds. The molecule has 2 aromatic carbocycles. The van der Waals surface area contributed by atoms with E-state index in [0.29, 0.717) is 11.3 Å². The Hall–Kier alpha value is -3.04. The summed E-state index contributed by atoms with van der Waals surface area (Å²) in [4.78, 5) is 27.1. The Bertz CT molecular complexity index is 1040. The van der Waals surface area contributed by atoms with Crippen molar-refractivity contribution < 1.29 is 18.8 Å². The average Bonchev–Trinajstić information content (AvgIpc) is 3.11. The van der Waals surface area contributed by atoms with Crippen molar-refractivity contribution in [3.8, 4) is 17.0 Å². The third kappa shape index (κ3) is 4.04. The molecule has 0 aliphatic carbocycles. The van der Waals surface area contributed by atoms with E-state index in [1.54, 1.807) is 5.38 Å². The molecule has 0 unspecified atom stereocenters. The second-order valence-electron chi connectivity index (χ2n) is 5.26. The molecular weight excluding hydrogens is 397 g/mol. The maximum atomic E-state index is 13.3. The summed E-state index contributed by atoms with van der Waals surface area (Å²) in [5, 5.41) is 15.6. The minimum Gasteiger partial charge on any atom is -0.490 e. The molecule has 1 aromatic heterocycles. The van der Waals surface area contributed by atoms with Crippen LogP contribution in [0.4, 0.5) is 15.2 Å². The Morgan fingerprint density at radius 2 is 2.11 bits per heavy atom. The van der Waals surface area contributed by atoms with E-state index in [-0.39, 0.29) is 27.2 Å². The smallest absolute Gasteiger partial charge is 0.311 e. The number of carbonyl (C=O) groups is 1. The monoisotopic (exact) mass is 407 g/mol. The van der Waals surface area contributed by atoms with Crippen LogP contribution in [0.25, 0.3) is 11.3 Å². The molecule has 10 heteroatoms. The number of hydrogen-bond donors (Lipinski definition) is 1. The standard InChI is InChI=1S/C17H11ClFN3O4S/c1-26-15-5-3-10(7-14(15)22(24)25)16(23)21-17-20-13(8-27-17)9-2-4-12(19)11(18)6-9/h2-8H,1H3,(H,20,21,23). The molecular formula is C17H11ClFN3O4S. The average molecular weight is 408 g/mol. The fourth-order valence-electron chi connectivity index (χ4n) is 2.26. The van der Waals surface area contributed by atoms with Crippen LogP contribution in [-0.2, 0) is 0 Å². The van der Waals surface area contributed by atoms with Crippen molar-refractivity contribution in [1.29, 1.82) is 0 Å². The summed E-state index contributed by atoms with van der Waals surface area (Å²) in [5.74, 6) is -1.04. The van der Waals surface area contributed by atoms with Gasteiger partial charge in [-0.3, -0.25) is 20.2 Å². The minimum atomic E-state index is -0.630. The van der Waals surface area contributed by atoms with Gasteiger partial charge in [-0.1, -0.05) is 11.6 Å². The number of thiazole rings is 1. The van der Waals surface area contributed by atoms with Crippen molar-refractivity contribution in [3.63, 3.8) is 0 Å². The van der Waals surface area contributed by atoms with Crippen LogP contribution < -0.4 is 10.1 Å². The molecule has 0 saturated carbocycles. The Labute approximate surface area is 161 Å². The first-order chi connectivity index (χ1) is 12.9. The minimum absolute atomic E-state index is 0.0309. The Morgan fingerprint density at radius 3 is 2.78 bits per heavy atom. The first-order valence-electron chi connectivity index (χ1n) is 7.43. The van der Waals surface area contributed by atoms with Crippen molar-refractivity contribution in [2.45, 2.75) is 0 Å². The number of ether oxygens (including phenoxy) is 1. The predicted molar refractivity (Wildman–Crippen MR) is 100 cm³/mol. The van der Waals surface area contributed by atoms with E-state index < -0.39 is 16.6 Å².